The Morgan fingerprint density at radius 3 is 2.61 bits per heavy atom. The van der Waals surface area contributed by atoms with Crippen LogP contribution in [0.3, 0.4) is 0 Å². The van der Waals surface area contributed by atoms with Crippen molar-refractivity contribution in [2.75, 3.05) is 0 Å². The van der Waals surface area contributed by atoms with Crippen LogP contribution in [-0.2, 0) is 14.3 Å². The molecule has 1 aliphatic rings. The van der Waals surface area contributed by atoms with Gasteiger partial charge in [-0.3, -0.25) is 0 Å². The lowest BCUT2D eigenvalue weighted by Gasteiger charge is -2.09. The van der Waals surface area contributed by atoms with Crippen LogP contribution in [0.1, 0.15) is 16.9 Å². The van der Waals surface area contributed by atoms with Gasteiger partial charge in [0.25, 0.3) is 5.90 Å². The summed E-state index contributed by atoms with van der Waals surface area (Å²) in [6.07, 6.45) is 5.93. The van der Waals surface area contributed by atoms with Crippen LogP contribution in [0.15, 0.2) is 91.0 Å². The van der Waals surface area contributed by atoms with Crippen molar-refractivity contribution >= 4 is 61.8 Å². The maximum atomic E-state index is 12.4. The van der Waals surface area contributed by atoms with Crippen LogP contribution in [0.5, 0.6) is 5.75 Å². The zero-order chi connectivity index (χ0) is 21.8. The molecule has 0 amide bonds. The van der Waals surface area contributed by atoms with Gasteiger partial charge in [0.2, 0.25) is 0 Å². The number of carbonyl (C=O) groups excluding carboxylic acids is 2. The summed E-state index contributed by atoms with van der Waals surface area (Å²) in [5.74, 6) is -0.554. The van der Waals surface area contributed by atoms with Crippen LogP contribution < -0.4 is 4.74 Å². The first-order chi connectivity index (χ1) is 15.0. The van der Waals surface area contributed by atoms with E-state index in [4.69, 9.17) is 13.9 Å². The fourth-order valence-electron chi connectivity index (χ4n) is 2.72. The Morgan fingerprint density at radius 2 is 1.87 bits per heavy atom. The van der Waals surface area contributed by atoms with Gasteiger partial charge in [-0.05, 0) is 57.9 Å². The van der Waals surface area contributed by atoms with E-state index in [0.29, 0.717) is 20.3 Å². The molecular weight excluding hydrogens is 530 g/mol. The van der Waals surface area contributed by atoms with E-state index in [1.54, 1.807) is 30.3 Å². The second-order valence-corrected chi connectivity index (χ2v) is 8.05. The van der Waals surface area contributed by atoms with Gasteiger partial charge in [-0.15, -0.1) is 0 Å². The Morgan fingerprint density at radius 1 is 1.06 bits per heavy atom. The maximum absolute atomic E-state index is 12.4. The van der Waals surface area contributed by atoms with Gasteiger partial charge >= 0.3 is 11.9 Å². The van der Waals surface area contributed by atoms with Crippen LogP contribution in [0.25, 0.3) is 12.2 Å². The number of rotatable bonds is 5. The van der Waals surface area contributed by atoms with Crippen LogP contribution >= 0.6 is 31.9 Å². The zero-order valence-corrected chi connectivity index (χ0v) is 18.9. The van der Waals surface area contributed by atoms with E-state index in [-0.39, 0.29) is 17.3 Å². The van der Waals surface area contributed by atoms with Gasteiger partial charge in [0.1, 0.15) is 0 Å². The van der Waals surface area contributed by atoms with Crippen molar-refractivity contribution in [1.82, 2.24) is 0 Å². The van der Waals surface area contributed by atoms with Crippen molar-refractivity contribution in [3.63, 3.8) is 0 Å². The lowest BCUT2D eigenvalue weighted by molar-refractivity contribution is -0.130. The summed E-state index contributed by atoms with van der Waals surface area (Å²) >= 11 is 6.80. The molecule has 0 N–H and O–H groups in total. The molecule has 31 heavy (non-hydrogen) atoms. The molecule has 2 aromatic carbocycles. The van der Waals surface area contributed by atoms with Crippen molar-refractivity contribution in [3.05, 3.63) is 98.5 Å². The second-order valence-electron chi connectivity index (χ2n) is 6.28. The third-order valence-electron chi connectivity index (χ3n) is 4.10. The number of hydrogen-bond acceptors (Lipinski definition) is 6. The van der Waals surface area contributed by atoms with Crippen molar-refractivity contribution in [1.29, 1.82) is 0 Å². The van der Waals surface area contributed by atoms with E-state index in [2.05, 4.69) is 36.9 Å². The molecule has 0 saturated heterocycles. The van der Waals surface area contributed by atoms with E-state index in [1.807, 2.05) is 30.3 Å². The van der Waals surface area contributed by atoms with E-state index >= 15 is 0 Å². The summed E-state index contributed by atoms with van der Waals surface area (Å²) in [6, 6.07) is 16.1. The minimum absolute atomic E-state index is 0.0496. The third kappa shape index (κ3) is 5.10. The Labute approximate surface area is 194 Å². The number of esters is 2. The van der Waals surface area contributed by atoms with Crippen molar-refractivity contribution in [2.45, 2.75) is 0 Å². The fraction of sp³-hybridized carbons (Fsp3) is 0. The lowest BCUT2D eigenvalue weighted by Crippen LogP contribution is -2.06. The molecule has 0 spiro atoms. The van der Waals surface area contributed by atoms with E-state index in [0.717, 1.165) is 5.56 Å². The van der Waals surface area contributed by atoms with Crippen LogP contribution in [0, 0.1) is 0 Å². The van der Waals surface area contributed by atoms with Gasteiger partial charge < -0.3 is 13.9 Å². The molecule has 0 radical (unpaired) electrons. The quantitative estimate of drug-likeness (QED) is 0.232. The Balaban J connectivity index is 1.63. The fourth-order valence-corrected chi connectivity index (χ4v) is 4.06. The molecule has 6 nitrogen and oxygen atoms in total. The molecule has 0 aliphatic carbocycles. The number of halogens is 2. The minimum atomic E-state index is -0.635. The van der Waals surface area contributed by atoms with E-state index < -0.39 is 11.9 Å². The molecule has 2 heterocycles. The zero-order valence-electron chi connectivity index (χ0n) is 15.7. The Hall–Kier alpha value is -3.23. The first-order valence-electron chi connectivity index (χ1n) is 9.00. The number of furan rings is 1. The highest BCUT2D eigenvalue weighted by atomic mass is 79.9. The summed E-state index contributed by atoms with van der Waals surface area (Å²) in [4.78, 5) is 28.8. The highest BCUT2D eigenvalue weighted by molar-refractivity contribution is 9.11. The molecular formula is C23H13Br2NO5. The summed E-state index contributed by atoms with van der Waals surface area (Å²) in [5, 5.41) is 0. The first-order valence-corrected chi connectivity index (χ1v) is 10.6. The molecule has 0 fully saturated rings. The predicted octanol–water partition coefficient (Wildman–Crippen LogP) is 5.77. The lowest BCUT2D eigenvalue weighted by atomic mass is 10.1. The number of aliphatic imine (C=N–C) groups is 1. The molecule has 3 aromatic rings. The van der Waals surface area contributed by atoms with Gasteiger partial charge in [-0.2, -0.15) is 0 Å². The number of ether oxygens (including phenoxy) is 2. The molecule has 0 unspecified atom stereocenters. The average molecular weight is 543 g/mol. The summed E-state index contributed by atoms with van der Waals surface area (Å²) in [7, 11) is 0. The average Bonchev–Trinajstić information content (AvgIpc) is 3.40. The summed E-state index contributed by atoms with van der Waals surface area (Å²) < 4.78 is 17.2. The number of benzene rings is 2. The highest BCUT2D eigenvalue weighted by Crippen LogP contribution is 2.35. The smallest absolute Gasteiger partial charge is 0.363 e. The van der Waals surface area contributed by atoms with Gasteiger partial charge in [0.05, 0.1) is 10.7 Å². The van der Waals surface area contributed by atoms with Crippen molar-refractivity contribution in [2.24, 2.45) is 4.99 Å². The predicted molar refractivity (Wildman–Crippen MR) is 122 cm³/mol. The SMILES string of the molecule is O=C(/C=C/c1ccccc1)Oc1c(Br)cc(Br)cc1/C=C1/N=C(c2ccco2)OC1=O. The van der Waals surface area contributed by atoms with Gasteiger partial charge in [0, 0.05) is 16.1 Å². The summed E-state index contributed by atoms with van der Waals surface area (Å²) in [5.41, 5.74) is 1.37. The number of carbonyl (C=O) groups is 2. The first kappa shape index (κ1) is 21.0. The van der Waals surface area contributed by atoms with Gasteiger partial charge in [-0.25, -0.2) is 14.6 Å². The topological polar surface area (TPSA) is 78.1 Å². The number of cyclic esters (lactones) is 1. The van der Waals surface area contributed by atoms with Crippen LogP contribution in [-0.4, -0.2) is 17.8 Å². The van der Waals surface area contributed by atoms with Gasteiger partial charge in [0.15, 0.2) is 17.2 Å². The highest BCUT2D eigenvalue weighted by Gasteiger charge is 2.26. The summed E-state index contributed by atoms with van der Waals surface area (Å²) in [6.45, 7) is 0. The van der Waals surface area contributed by atoms with E-state index in [1.165, 1.54) is 18.4 Å². The molecule has 1 aromatic heterocycles. The molecule has 4 rings (SSSR count). The maximum Gasteiger partial charge on any atom is 0.363 e. The molecule has 0 atom stereocenters. The van der Waals surface area contributed by atoms with E-state index in [9.17, 15) is 9.59 Å². The normalized spacial score (nSPS) is 14.7. The Kier molecular flexibility index (Phi) is 6.29. The molecule has 0 saturated carbocycles. The number of nitrogens with zero attached hydrogens (tertiary/aromatic N) is 1. The monoisotopic (exact) mass is 541 g/mol. The van der Waals surface area contributed by atoms with Crippen molar-refractivity contribution < 1.29 is 23.5 Å². The number of hydrogen-bond donors (Lipinski definition) is 0. The molecule has 0 bridgehead atoms. The molecule has 1 aliphatic heterocycles. The molecule has 154 valence electrons. The third-order valence-corrected chi connectivity index (χ3v) is 5.14. The van der Waals surface area contributed by atoms with Crippen molar-refractivity contribution in [3.8, 4) is 5.75 Å². The minimum Gasteiger partial charge on any atom is -0.459 e. The largest absolute Gasteiger partial charge is 0.459 e. The van der Waals surface area contributed by atoms with Crippen LogP contribution in [0.4, 0.5) is 0 Å². The van der Waals surface area contributed by atoms with Gasteiger partial charge in [-0.1, -0.05) is 46.3 Å². The molecule has 8 heteroatoms. The second kappa shape index (κ2) is 9.28. The standard InChI is InChI=1S/C23H13Br2NO5/c24-16-11-15(12-18-23(28)31-22(26-18)19-7-4-10-29-19)21(17(25)13-16)30-20(27)9-8-14-5-2-1-3-6-14/h1-13H/b9-8+,18-12+. The Bertz CT molecular complexity index is 1230. The van der Waals surface area contributed by atoms with Crippen LogP contribution in [0.2, 0.25) is 0 Å².